The van der Waals surface area contributed by atoms with E-state index < -0.39 is 5.91 Å². The van der Waals surface area contributed by atoms with Crippen molar-refractivity contribution in [1.29, 1.82) is 0 Å². The Kier molecular flexibility index (Phi) is 4.58. The van der Waals surface area contributed by atoms with Crippen molar-refractivity contribution in [1.82, 2.24) is 14.7 Å². The lowest BCUT2D eigenvalue weighted by Gasteiger charge is -2.06. The molecule has 0 aliphatic heterocycles. The topological polar surface area (TPSA) is 63.5 Å². The van der Waals surface area contributed by atoms with Gasteiger partial charge in [0.2, 0.25) is 0 Å². The van der Waals surface area contributed by atoms with Crippen LogP contribution in [0.3, 0.4) is 0 Å². The Morgan fingerprint density at radius 2 is 2.22 bits per heavy atom. The lowest BCUT2D eigenvalue weighted by Crippen LogP contribution is -2.32. The summed E-state index contributed by atoms with van der Waals surface area (Å²) in [6.07, 6.45) is 3.71. The molecule has 0 spiro atoms. The Labute approximate surface area is 145 Å². The monoisotopic (exact) mass is 391 g/mol. The number of carbonyl (C=O) groups excluding carboxylic acids is 1. The van der Waals surface area contributed by atoms with Gasteiger partial charge in [-0.05, 0) is 59.1 Å². The van der Waals surface area contributed by atoms with Crippen LogP contribution in [0.25, 0.3) is 5.65 Å². The van der Waals surface area contributed by atoms with Crippen LogP contribution in [0.5, 0.6) is 0 Å². The van der Waals surface area contributed by atoms with E-state index in [9.17, 15) is 9.59 Å². The van der Waals surface area contributed by atoms with Crippen LogP contribution in [0.15, 0.2) is 45.2 Å². The number of hydrogen-bond donors (Lipinski definition) is 1. The molecule has 3 aromatic heterocycles. The molecule has 0 atom stereocenters. The van der Waals surface area contributed by atoms with Crippen LogP contribution >= 0.6 is 27.3 Å². The third-order valence-corrected chi connectivity index (χ3v) is 5.08. The van der Waals surface area contributed by atoms with Crippen LogP contribution < -0.4 is 10.9 Å². The van der Waals surface area contributed by atoms with Crippen LogP contribution in [0.4, 0.5) is 0 Å². The minimum Gasteiger partial charge on any atom is -0.351 e. The van der Waals surface area contributed by atoms with Gasteiger partial charge in [0.25, 0.3) is 11.5 Å². The van der Waals surface area contributed by atoms with Crippen LogP contribution in [0.1, 0.15) is 20.8 Å². The molecule has 0 aliphatic carbocycles. The number of nitrogens with one attached hydrogen (secondary N) is 1. The lowest BCUT2D eigenvalue weighted by molar-refractivity contribution is 0.0952. The number of fused-ring (bicyclic) bond motifs is 1. The first-order chi connectivity index (χ1) is 11.0. The summed E-state index contributed by atoms with van der Waals surface area (Å²) in [5.74, 6) is -0.395. The van der Waals surface area contributed by atoms with Crippen molar-refractivity contribution in [2.75, 3.05) is 6.54 Å². The molecule has 7 heteroatoms. The average Bonchev–Trinajstić information content (AvgIpc) is 2.92. The second-order valence-corrected chi connectivity index (χ2v) is 7.67. The molecular weight excluding hydrogens is 378 g/mol. The van der Waals surface area contributed by atoms with Gasteiger partial charge in [0, 0.05) is 23.8 Å². The molecule has 0 saturated carbocycles. The van der Waals surface area contributed by atoms with Gasteiger partial charge in [0.15, 0.2) is 0 Å². The number of carbonyl (C=O) groups is 1. The number of amides is 1. The summed E-state index contributed by atoms with van der Waals surface area (Å²) in [6.45, 7) is 2.40. The fourth-order valence-electron chi connectivity index (χ4n) is 2.21. The van der Waals surface area contributed by atoms with Gasteiger partial charge in [-0.25, -0.2) is 4.98 Å². The highest BCUT2D eigenvalue weighted by molar-refractivity contribution is 9.11. The molecule has 0 fully saturated rings. The highest BCUT2D eigenvalue weighted by Gasteiger charge is 2.13. The number of nitrogens with zero attached hydrogens (tertiary/aromatic N) is 2. The van der Waals surface area contributed by atoms with Gasteiger partial charge in [-0.3, -0.25) is 14.0 Å². The van der Waals surface area contributed by atoms with E-state index in [1.807, 2.05) is 25.1 Å². The molecule has 0 aliphatic rings. The highest BCUT2D eigenvalue weighted by atomic mass is 79.9. The Morgan fingerprint density at radius 3 is 2.96 bits per heavy atom. The van der Waals surface area contributed by atoms with E-state index >= 15 is 0 Å². The minimum atomic E-state index is -0.395. The first-order valence-electron chi connectivity index (χ1n) is 7.05. The van der Waals surface area contributed by atoms with Crippen molar-refractivity contribution in [2.45, 2.75) is 13.3 Å². The third kappa shape index (κ3) is 3.51. The van der Waals surface area contributed by atoms with E-state index in [1.54, 1.807) is 23.6 Å². The summed E-state index contributed by atoms with van der Waals surface area (Å²) in [5.41, 5.74) is 1.25. The van der Waals surface area contributed by atoms with E-state index in [1.165, 1.54) is 15.5 Å². The second kappa shape index (κ2) is 6.64. The number of halogens is 1. The van der Waals surface area contributed by atoms with Gasteiger partial charge in [-0.1, -0.05) is 0 Å². The molecular formula is C16H14BrN3O2S. The predicted molar refractivity (Wildman–Crippen MR) is 94.3 cm³/mol. The smallest absolute Gasteiger partial charge is 0.270 e. The zero-order valence-corrected chi connectivity index (χ0v) is 14.8. The Morgan fingerprint density at radius 1 is 1.39 bits per heavy atom. The van der Waals surface area contributed by atoms with Gasteiger partial charge in [0.1, 0.15) is 11.2 Å². The Hall–Kier alpha value is -1.99. The number of thiophene rings is 1. The SMILES string of the molecule is Cc1ccn2c(=O)c(C(=O)NCCc3ccc(Br)s3)cnc2c1. The van der Waals surface area contributed by atoms with E-state index in [2.05, 4.69) is 26.2 Å². The van der Waals surface area contributed by atoms with E-state index in [0.717, 1.165) is 15.8 Å². The van der Waals surface area contributed by atoms with Crippen LogP contribution in [-0.4, -0.2) is 21.8 Å². The first-order valence-corrected chi connectivity index (χ1v) is 8.66. The molecule has 1 amide bonds. The number of rotatable bonds is 4. The zero-order valence-electron chi connectivity index (χ0n) is 12.4. The molecule has 23 heavy (non-hydrogen) atoms. The standard InChI is InChI=1S/C16H14BrN3O2S/c1-10-5-7-20-14(8-10)19-9-12(16(20)22)15(21)18-6-4-11-2-3-13(17)23-11/h2-3,5,7-9H,4,6H2,1H3,(H,18,21). The van der Waals surface area contributed by atoms with Crippen LogP contribution in [-0.2, 0) is 6.42 Å². The fraction of sp³-hybridized carbons (Fsp3) is 0.188. The molecule has 3 aromatic rings. The number of aromatic nitrogens is 2. The average molecular weight is 392 g/mol. The molecule has 0 unspecified atom stereocenters. The van der Waals surface area contributed by atoms with Crippen molar-refractivity contribution >= 4 is 38.8 Å². The molecule has 5 nitrogen and oxygen atoms in total. The van der Waals surface area contributed by atoms with Crippen molar-refractivity contribution in [3.8, 4) is 0 Å². The van der Waals surface area contributed by atoms with Crippen LogP contribution in [0, 0.1) is 6.92 Å². The predicted octanol–water partition coefficient (Wildman–Crippen LogP) is 2.80. The molecule has 1 N–H and O–H groups in total. The highest BCUT2D eigenvalue weighted by Crippen LogP contribution is 2.22. The number of pyridine rings is 1. The van der Waals surface area contributed by atoms with Gasteiger partial charge in [0.05, 0.1) is 3.79 Å². The van der Waals surface area contributed by atoms with E-state index in [-0.39, 0.29) is 11.1 Å². The molecule has 3 rings (SSSR count). The summed E-state index contributed by atoms with van der Waals surface area (Å²) in [6, 6.07) is 7.60. The number of aryl methyl sites for hydroxylation is 1. The summed E-state index contributed by atoms with van der Waals surface area (Å²) < 4.78 is 2.45. The normalized spacial score (nSPS) is 10.9. The molecule has 0 bridgehead atoms. The number of hydrogen-bond acceptors (Lipinski definition) is 4. The van der Waals surface area contributed by atoms with E-state index in [4.69, 9.17) is 0 Å². The third-order valence-electron chi connectivity index (χ3n) is 3.40. The van der Waals surface area contributed by atoms with Crippen molar-refractivity contribution < 1.29 is 4.79 Å². The molecule has 118 valence electrons. The first kappa shape index (κ1) is 15.9. The minimum absolute atomic E-state index is 0.0544. The molecule has 0 radical (unpaired) electrons. The van der Waals surface area contributed by atoms with Gasteiger partial charge in [-0.15, -0.1) is 11.3 Å². The Balaban J connectivity index is 1.74. The maximum absolute atomic E-state index is 12.4. The quantitative estimate of drug-likeness (QED) is 0.743. The van der Waals surface area contributed by atoms with Gasteiger partial charge in [-0.2, -0.15) is 0 Å². The maximum Gasteiger partial charge on any atom is 0.270 e. The van der Waals surface area contributed by atoms with Crippen molar-refractivity contribution in [2.24, 2.45) is 0 Å². The Bertz CT molecular complexity index is 932. The summed E-state index contributed by atoms with van der Waals surface area (Å²) in [7, 11) is 0. The van der Waals surface area contributed by atoms with E-state index in [0.29, 0.717) is 12.2 Å². The summed E-state index contributed by atoms with van der Waals surface area (Å²) >= 11 is 5.03. The second-order valence-electron chi connectivity index (χ2n) is 5.12. The lowest BCUT2D eigenvalue weighted by atomic mass is 10.2. The van der Waals surface area contributed by atoms with Gasteiger partial charge < -0.3 is 5.32 Å². The summed E-state index contributed by atoms with van der Waals surface area (Å²) in [4.78, 5) is 29.9. The zero-order chi connectivity index (χ0) is 16.4. The molecule has 0 saturated heterocycles. The van der Waals surface area contributed by atoms with Crippen LogP contribution in [0.2, 0.25) is 0 Å². The maximum atomic E-state index is 12.4. The van der Waals surface area contributed by atoms with Crippen molar-refractivity contribution in [3.63, 3.8) is 0 Å². The molecule has 3 heterocycles. The fourth-order valence-corrected chi connectivity index (χ4v) is 3.70. The largest absolute Gasteiger partial charge is 0.351 e. The van der Waals surface area contributed by atoms with Gasteiger partial charge >= 0.3 is 0 Å². The molecule has 0 aromatic carbocycles. The van der Waals surface area contributed by atoms with Crippen molar-refractivity contribution in [3.05, 3.63) is 66.8 Å². The summed E-state index contributed by atoms with van der Waals surface area (Å²) in [5, 5.41) is 2.77.